The minimum absolute atomic E-state index is 0.0689. The zero-order chi connectivity index (χ0) is 21.4. The van der Waals surface area contributed by atoms with Gasteiger partial charge in [0.05, 0.1) is 4.91 Å². The Balaban J connectivity index is 1.20. The van der Waals surface area contributed by atoms with Crippen LogP contribution in [0.3, 0.4) is 0 Å². The summed E-state index contributed by atoms with van der Waals surface area (Å²) in [5, 5.41) is 2.33. The summed E-state index contributed by atoms with van der Waals surface area (Å²) in [6.07, 6.45) is 1.64. The fraction of sp³-hybridized carbons (Fsp3) is 0.190. The van der Waals surface area contributed by atoms with Crippen molar-refractivity contribution in [3.63, 3.8) is 0 Å². The zero-order valence-electron chi connectivity index (χ0n) is 16.1. The summed E-state index contributed by atoms with van der Waals surface area (Å²) in [5.74, 6) is 1.60. The minimum Gasteiger partial charge on any atom is -0.454 e. The summed E-state index contributed by atoms with van der Waals surface area (Å²) in [7, 11) is 0. The second-order valence-corrected chi connectivity index (χ2v) is 7.76. The molecule has 1 N–H and O–H groups in total. The number of imide groups is 1. The molecule has 0 aliphatic carbocycles. The lowest BCUT2D eigenvalue weighted by Gasteiger charge is -2.13. The topological polar surface area (TPSA) is 103 Å². The van der Waals surface area contributed by atoms with Gasteiger partial charge in [0.25, 0.3) is 17.1 Å². The number of carbonyl (C=O) groups is 3. The summed E-state index contributed by atoms with van der Waals surface area (Å²) in [6, 6.07) is 10.2. The van der Waals surface area contributed by atoms with Gasteiger partial charge < -0.3 is 24.3 Å². The summed E-state index contributed by atoms with van der Waals surface area (Å²) in [4.78, 5) is 38.7. The van der Waals surface area contributed by atoms with Crippen LogP contribution in [0.1, 0.15) is 15.9 Å². The molecule has 9 nitrogen and oxygen atoms in total. The molecule has 2 aromatic rings. The van der Waals surface area contributed by atoms with Gasteiger partial charge in [0, 0.05) is 18.7 Å². The first-order valence-electron chi connectivity index (χ1n) is 9.41. The summed E-state index contributed by atoms with van der Waals surface area (Å²) < 4.78 is 21.1. The highest BCUT2D eigenvalue weighted by Gasteiger charge is 2.34. The van der Waals surface area contributed by atoms with E-state index >= 15 is 0 Å². The molecule has 0 aromatic heterocycles. The smallest absolute Gasteiger partial charge is 0.293 e. The number of carbonyl (C=O) groups excluding carboxylic acids is 3. The second kappa shape index (κ2) is 7.88. The summed E-state index contributed by atoms with van der Waals surface area (Å²) in [5.41, 5.74) is 1.13. The van der Waals surface area contributed by atoms with Crippen molar-refractivity contribution >= 4 is 34.9 Å². The molecular formula is C21H16N2O7S. The summed E-state index contributed by atoms with van der Waals surface area (Å²) in [6.45, 7) is 0.481. The van der Waals surface area contributed by atoms with Crippen LogP contribution in [0.5, 0.6) is 23.0 Å². The number of hydrogen-bond donors (Lipinski definition) is 1. The number of fused-ring (bicyclic) bond motifs is 2. The van der Waals surface area contributed by atoms with Crippen LogP contribution in [0.25, 0.3) is 6.08 Å². The van der Waals surface area contributed by atoms with Gasteiger partial charge in [-0.25, -0.2) is 0 Å². The van der Waals surface area contributed by atoms with E-state index < -0.39 is 5.91 Å². The Bertz CT molecular complexity index is 1130. The fourth-order valence-electron chi connectivity index (χ4n) is 3.27. The van der Waals surface area contributed by atoms with Crippen molar-refractivity contribution < 1.29 is 33.3 Å². The third-order valence-electron chi connectivity index (χ3n) is 4.82. The number of hydrogen-bond acceptors (Lipinski definition) is 8. The number of thioether (sulfide) groups is 1. The van der Waals surface area contributed by atoms with Gasteiger partial charge in [-0.2, -0.15) is 0 Å². The molecule has 0 bridgehead atoms. The predicted octanol–water partition coefficient (Wildman–Crippen LogP) is 2.61. The largest absolute Gasteiger partial charge is 0.454 e. The normalized spacial score (nSPS) is 17.5. The number of benzene rings is 2. The van der Waals surface area contributed by atoms with E-state index in [0.29, 0.717) is 33.5 Å². The van der Waals surface area contributed by atoms with E-state index in [9.17, 15) is 14.4 Å². The lowest BCUT2D eigenvalue weighted by molar-refractivity contribution is -0.122. The van der Waals surface area contributed by atoms with Gasteiger partial charge in [-0.15, -0.1) is 0 Å². The van der Waals surface area contributed by atoms with Crippen molar-refractivity contribution in [1.29, 1.82) is 0 Å². The molecule has 3 amide bonds. The van der Waals surface area contributed by atoms with Gasteiger partial charge in [0.1, 0.15) is 0 Å². The monoisotopic (exact) mass is 440 g/mol. The van der Waals surface area contributed by atoms with Gasteiger partial charge >= 0.3 is 0 Å². The standard InChI is InChI=1S/C21H16N2O7S/c24-19(13-2-4-15-17(9-13)30-11-28-15)22-5-6-23-20(25)18(31-21(23)26)8-12-1-3-14-16(7-12)29-10-27-14/h1-4,7-9H,5-6,10-11H2,(H,22,24)/b18-8-. The van der Waals surface area contributed by atoms with Gasteiger partial charge in [-0.1, -0.05) is 6.07 Å². The number of nitrogens with one attached hydrogen (secondary N) is 1. The van der Waals surface area contributed by atoms with Crippen LogP contribution in [-0.4, -0.2) is 48.6 Å². The quantitative estimate of drug-likeness (QED) is 0.708. The average molecular weight is 440 g/mol. The highest BCUT2D eigenvalue weighted by Crippen LogP contribution is 2.36. The number of ether oxygens (including phenoxy) is 4. The molecule has 0 saturated carbocycles. The highest BCUT2D eigenvalue weighted by atomic mass is 32.2. The van der Waals surface area contributed by atoms with Gasteiger partial charge in [0.2, 0.25) is 13.6 Å². The first kappa shape index (κ1) is 19.3. The molecule has 0 spiro atoms. The predicted molar refractivity (Wildman–Crippen MR) is 110 cm³/mol. The number of amides is 3. The molecule has 0 radical (unpaired) electrons. The molecule has 3 aliphatic heterocycles. The Morgan fingerprint density at radius 2 is 1.65 bits per heavy atom. The first-order valence-corrected chi connectivity index (χ1v) is 10.2. The minimum atomic E-state index is -0.398. The Kier molecular flexibility index (Phi) is 4.91. The molecule has 0 atom stereocenters. The fourth-order valence-corrected chi connectivity index (χ4v) is 4.13. The van der Waals surface area contributed by atoms with Crippen molar-refractivity contribution in [3.8, 4) is 23.0 Å². The Hall–Kier alpha value is -3.66. The van der Waals surface area contributed by atoms with Crippen molar-refractivity contribution in [2.75, 3.05) is 26.7 Å². The van der Waals surface area contributed by atoms with Crippen LogP contribution in [0.4, 0.5) is 4.79 Å². The van der Waals surface area contributed by atoms with Crippen LogP contribution in [0.15, 0.2) is 41.3 Å². The van der Waals surface area contributed by atoms with E-state index in [0.717, 1.165) is 22.2 Å². The SMILES string of the molecule is O=C(NCCN1C(=O)S/C(=C\c2ccc3c(c2)OCO3)C1=O)c1ccc2c(c1)OCO2. The maximum absolute atomic E-state index is 12.6. The van der Waals surface area contributed by atoms with E-state index in [-0.39, 0.29) is 37.8 Å². The Morgan fingerprint density at radius 1 is 0.968 bits per heavy atom. The second-order valence-electron chi connectivity index (χ2n) is 6.77. The van der Waals surface area contributed by atoms with Crippen molar-refractivity contribution in [2.45, 2.75) is 0 Å². The maximum atomic E-state index is 12.6. The molecule has 5 rings (SSSR count). The van der Waals surface area contributed by atoms with Crippen molar-refractivity contribution in [2.24, 2.45) is 0 Å². The molecule has 3 aliphatic rings. The molecular weight excluding hydrogens is 424 g/mol. The van der Waals surface area contributed by atoms with Crippen LogP contribution >= 0.6 is 11.8 Å². The molecule has 0 unspecified atom stereocenters. The maximum Gasteiger partial charge on any atom is 0.293 e. The molecule has 1 saturated heterocycles. The van der Waals surface area contributed by atoms with Gasteiger partial charge in [-0.05, 0) is 53.7 Å². The third kappa shape index (κ3) is 3.77. The van der Waals surface area contributed by atoms with Crippen LogP contribution < -0.4 is 24.3 Å². The molecule has 3 heterocycles. The Morgan fingerprint density at radius 3 is 2.42 bits per heavy atom. The molecule has 2 aromatic carbocycles. The average Bonchev–Trinajstić information content (AvgIpc) is 3.48. The van der Waals surface area contributed by atoms with Crippen molar-refractivity contribution in [1.82, 2.24) is 10.2 Å². The van der Waals surface area contributed by atoms with Crippen LogP contribution in [0.2, 0.25) is 0 Å². The van der Waals surface area contributed by atoms with Crippen LogP contribution in [-0.2, 0) is 4.79 Å². The lowest BCUT2D eigenvalue weighted by atomic mass is 10.2. The third-order valence-corrected chi connectivity index (χ3v) is 5.73. The van der Waals surface area contributed by atoms with E-state index in [1.165, 1.54) is 0 Å². The first-order chi connectivity index (χ1) is 15.1. The Labute approximate surface area is 180 Å². The van der Waals surface area contributed by atoms with E-state index in [1.807, 2.05) is 0 Å². The zero-order valence-corrected chi connectivity index (χ0v) is 16.9. The van der Waals surface area contributed by atoms with Gasteiger partial charge in [0.15, 0.2) is 23.0 Å². The van der Waals surface area contributed by atoms with E-state index in [4.69, 9.17) is 18.9 Å². The van der Waals surface area contributed by atoms with Gasteiger partial charge in [-0.3, -0.25) is 19.3 Å². The molecule has 10 heteroatoms. The highest BCUT2D eigenvalue weighted by molar-refractivity contribution is 8.18. The van der Waals surface area contributed by atoms with E-state index in [1.54, 1.807) is 42.5 Å². The number of rotatable bonds is 5. The number of nitrogens with zero attached hydrogens (tertiary/aromatic N) is 1. The molecule has 158 valence electrons. The summed E-state index contributed by atoms with van der Waals surface area (Å²) >= 11 is 0.862. The molecule has 31 heavy (non-hydrogen) atoms. The van der Waals surface area contributed by atoms with Crippen molar-refractivity contribution in [3.05, 3.63) is 52.4 Å². The lowest BCUT2D eigenvalue weighted by Crippen LogP contribution is -2.37. The van der Waals surface area contributed by atoms with Crippen LogP contribution in [0, 0.1) is 0 Å². The van der Waals surface area contributed by atoms with E-state index in [2.05, 4.69) is 5.32 Å². The molecule has 1 fully saturated rings.